The van der Waals surface area contributed by atoms with Gasteiger partial charge in [0.25, 0.3) is 0 Å². The Kier molecular flexibility index (Phi) is 10.3. The van der Waals surface area contributed by atoms with E-state index in [1.54, 1.807) is 0 Å². The lowest BCUT2D eigenvalue weighted by Gasteiger charge is -2.35. The second-order valence-electron chi connectivity index (χ2n) is 7.93. The first kappa shape index (κ1) is 19.9. The average molecular weight is 313 g/mol. The molecule has 0 bridgehead atoms. The summed E-state index contributed by atoms with van der Waals surface area (Å²) in [4.78, 5) is 5.18. The highest BCUT2D eigenvalue weighted by Gasteiger charge is 2.21. The predicted molar refractivity (Wildman–Crippen MR) is 96.3 cm³/mol. The molecule has 3 nitrogen and oxygen atoms in total. The smallest absolute Gasteiger partial charge is 0.0586 e. The van der Waals surface area contributed by atoms with Gasteiger partial charge in [-0.05, 0) is 76.7 Å². The summed E-state index contributed by atoms with van der Waals surface area (Å²) in [5.74, 6) is 1.59. The van der Waals surface area contributed by atoms with Crippen LogP contribution in [-0.2, 0) is 0 Å². The molecule has 1 aliphatic heterocycles. The molecule has 0 saturated carbocycles. The molecule has 0 aliphatic carbocycles. The Bertz CT molecular complexity index is 256. The van der Waals surface area contributed by atoms with Crippen molar-refractivity contribution in [3.8, 4) is 0 Å². The number of rotatable bonds is 11. The molecule has 0 amide bonds. The zero-order valence-corrected chi connectivity index (χ0v) is 15.6. The van der Waals surface area contributed by atoms with Gasteiger partial charge in [-0.25, -0.2) is 0 Å². The lowest BCUT2D eigenvalue weighted by atomic mass is 10.0. The van der Waals surface area contributed by atoms with Crippen molar-refractivity contribution in [3.63, 3.8) is 0 Å². The fourth-order valence-electron chi connectivity index (χ4n) is 3.28. The van der Waals surface area contributed by atoms with Crippen LogP contribution < -0.4 is 0 Å². The summed E-state index contributed by atoms with van der Waals surface area (Å²) >= 11 is 0. The summed E-state index contributed by atoms with van der Waals surface area (Å²) < 4.78 is 0. The van der Waals surface area contributed by atoms with Gasteiger partial charge in [-0.15, -0.1) is 0 Å². The normalized spacial score (nSPS) is 20.5. The van der Waals surface area contributed by atoms with Gasteiger partial charge in [0.2, 0.25) is 0 Å². The van der Waals surface area contributed by atoms with Crippen molar-refractivity contribution in [2.24, 2.45) is 11.8 Å². The highest BCUT2D eigenvalue weighted by Crippen LogP contribution is 2.17. The molecule has 1 aliphatic rings. The van der Waals surface area contributed by atoms with Gasteiger partial charge >= 0.3 is 0 Å². The van der Waals surface area contributed by atoms with E-state index in [0.717, 1.165) is 18.4 Å². The molecule has 0 aromatic heterocycles. The maximum Gasteiger partial charge on any atom is 0.0586 e. The Balaban J connectivity index is 2.30. The van der Waals surface area contributed by atoms with Crippen LogP contribution in [0.2, 0.25) is 0 Å². The van der Waals surface area contributed by atoms with Gasteiger partial charge in [0.05, 0.1) is 6.61 Å². The summed E-state index contributed by atoms with van der Waals surface area (Å²) in [7, 11) is 0. The fraction of sp³-hybridized carbons (Fsp3) is 1.00. The largest absolute Gasteiger partial charge is 0.395 e. The van der Waals surface area contributed by atoms with Crippen molar-refractivity contribution < 1.29 is 5.11 Å². The first-order valence-electron chi connectivity index (χ1n) is 9.60. The first-order chi connectivity index (χ1) is 10.5. The summed E-state index contributed by atoms with van der Waals surface area (Å²) in [6, 6.07) is 0.425. The third-order valence-corrected chi connectivity index (χ3v) is 4.92. The Hall–Kier alpha value is -0.120. The number of likely N-dealkylation sites (tertiary alicyclic amines) is 1. The van der Waals surface area contributed by atoms with Crippen molar-refractivity contribution in [3.05, 3.63) is 0 Å². The highest BCUT2D eigenvalue weighted by molar-refractivity contribution is 4.76. The van der Waals surface area contributed by atoms with Gasteiger partial charge in [-0.2, -0.15) is 0 Å². The van der Waals surface area contributed by atoms with Gasteiger partial charge in [-0.3, -0.25) is 4.90 Å². The van der Waals surface area contributed by atoms with Crippen molar-refractivity contribution in [1.29, 1.82) is 0 Å². The van der Waals surface area contributed by atoms with Crippen molar-refractivity contribution >= 4 is 0 Å². The lowest BCUT2D eigenvalue weighted by molar-refractivity contribution is 0.0853. The third-order valence-electron chi connectivity index (χ3n) is 4.92. The Morgan fingerprint density at radius 1 is 1.00 bits per heavy atom. The van der Waals surface area contributed by atoms with Crippen LogP contribution in [-0.4, -0.2) is 60.3 Å². The van der Waals surface area contributed by atoms with Gasteiger partial charge < -0.3 is 10.0 Å². The summed E-state index contributed by atoms with van der Waals surface area (Å²) in [5.41, 5.74) is 0. The molecular formula is C19H40N2O. The fourth-order valence-corrected chi connectivity index (χ4v) is 3.28. The van der Waals surface area contributed by atoms with Crippen molar-refractivity contribution in [2.45, 2.75) is 72.3 Å². The van der Waals surface area contributed by atoms with Crippen LogP contribution in [0.15, 0.2) is 0 Å². The third kappa shape index (κ3) is 8.50. The van der Waals surface area contributed by atoms with Crippen LogP contribution in [0.5, 0.6) is 0 Å². The van der Waals surface area contributed by atoms with E-state index in [1.165, 1.54) is 64.7 Å². The number of hydrogen-bond donors (Lipinski definition) is 1. The number of piperidine rings is 1. The van der Waals surface area contributed by atoms with Crippen LogP contribution in [0.3, 0.4) is 0 Å². The topological polar surface area (TPSA) is 26.7 Å². The van der Waals surface area contributed by atoms with Crippen LogP contribution in [0.4, 0.5) is 0 Å². The first-order valence-corrected chi connectivity index (χ1v) is 9.60. The molecule has 0 radical (unpaired) electrons. The lowest BCUT2D eigenvalue weighted by Crippen LogP contribution is -2.43. The summed E-state index contributed by atoms with van der Waals surface area (Å²) in [6.07, 6.45) is 7.63. The number of nitrogens with zero attached hydrogens (tertiary/aromatic N) is 2. The molecule has 1 N–H and O–H groups in total. The maximum atomic E-state index is 9.51. The monoisotopic (exact) mass is 312 g/mol. The molecule has 1 atom stereocenters. The Morgan fingerprint density at radius 2 is 1.64 bits per heavy atom. The van der Waals surface area contributed by atoms with E-state index in [-0.39, 0.29) is 0 Å². The minimum Gasteiger partial charge on any atom is -0.395 e. The molecule has 1 fully saturated rings. The van der Waals surface area contributed by atoms with E-state index in [0.29, 0.717) is 12.6 Å². The van der Waals surface area contributed by atoms with Gasteiger partial charge in [0, 0.05) is 6.04 Å². The van der Waals surface area contributed by atoms with Gasteiger partial charge in [0.15, 0.2) is 0 Å². The number of aliphatic hydroxyl groups excluding tert-OH is 1. The average Bonchev–Trinajstić information content (AvgIpc) is 2.49. The van der Waals surface area contributed by atoms with Crippen LogP contribution in [0.1, 0.15) is 66.2 Å². The van der Waals surface area contributed by atoms with E-state index in [2.05, 4.69) is 37.5 Å². The number of aliphatic hydroxyl groups is 1. The Morgan fingerprint density at radius 3 is 2.18 bits per heavy atom. The summed E-state index contributed by atoms with van der Waals surface area (Å²) in [5, 5.41) is 9.51. The molecule has 0 aromatic rings. The quantitative estimate of drug-likeness (QED) is 0.631. The molecule has 0 spiro atoms. The SMILES string of the molecule is CC(C)CCN(CCCN1CCCCC1CO)CCC(C)C. The van der Waals surface area contributed by atoms with Gasteiger partial charge in [0.1, 0.15) is 0 Å². The maximum absolute atomic E-state index is 9.51. The predicted octanol–water partition coefficient (Wildman–Crippen LogP) is 3.62. The minimum atomic E-state index is 0.338. The zero-order chi connectivity index (χ0) is 16.4. The van der Waals surface area contributed by atoms with E-state index in [9.17, 15) is 5.11 Å². The van der Waals surface area contributed by atoms with Crippen LogP contribution in [0.25, 0.3) is 0 Å². The molecule has 3 heteroatoms. The van der Waals surface area contributed by atoms with Gasteiger partial charge in [-0.1, -0.05) is 34.1 Å². The second kappa shape index (κ2) is 11.4. The van der Waals surface area contributed by atoms with Crippen LogP contribution in [0, 0.1) is 11.8 Å². The van der Waals surface area contributed by atoms with E-state index >= 15 is 0 Å². The van der Waals surface area contributed by atoms with E-state index in [4.69, 9.17) is 0 Å². The molecule has 1 heterocycles. The molecule has 22 heavy (non-hydrogen) atoms. The highest BCUT2D eigenvalue weighted by atomic mass is 16.3. The summed E-state index contributed by atoms with van der Waals surface area (Å²) in [6.45, 7) is 15.7. The van der Waals surface area contributed by atoms with Crippen molar-refractivity contribution in [1.82, 2.24) is 9.80 Å². The zero-order valence-electron chi connectivity index (χ0n) is 15.6. The molecule has 1 saturated heterocycles. The van der Waals surface area contributed by atoms with Crippen LogP contribution >= 0.6 is 0 Å². The molecule has 0 aromatic carbocycles. The van der Waals surface area contributed by atoms with E-state index in [1.807, 2.05) is 0 Å². The van der Waals surface area contributed by atoms with E-state index < -0.39 is 0 Å². The number of hydrogen-bond acceptors (Lipinski definition) is 3. The molecular weight excluding hydrogens is 272 g/mol. The second-order valence-corrected chi connectivity index (χ2v) is 7.93. The standard InChI is InChI=1S/C19H40N2O/c1-17(2)9-14-20(15-10-18(3)4)11-7-13-21-12-6-5-8-19(21)16-22/h17-19,22H,5-16H2,1-4H3. The minimum absolute atomic E-state index is 0.338. The molecule has 1 unspecified atom stereocenters. The molecule has 132 valence electrons. The van der Waals surface area contributed by atoms with Crippen molar-refractivity contribution in [2.75, 3.05) is 39.3 Å². The Labute approximate surface area is 139 Å². The molecule has 1 rings (SSSR count).